The molecule has 5 nitrogen and oxygen atoms in total. The Labute approximate surface area is 118 Å². The number of rotatable bonds is 3. The Balaban J connectivity index is 1.61. The number of nitrogens with zero attached hydrogens (tertiary/aromatic N) is 1. The molecule has 1 saturated heterocycles. The van der Waals surface area contributed by atoms with Crippen molar-refractivity contribution >= 4 is 5.97 Å². The number of carbonyl (C=O) groups is 1. The van der Waals surface area contributed by atoms with E-state index in [0.717, 1.165) is 25.3 Å². The first-order chi connectivity index (χ1) is 9.46. The minimum Gasteiger partial charge on any atom is -0.488 e. The molecule has 3 N–H and O–H groups in total. The largest absolute Gasteiger partial charge is 0.488 e. The van der Waals surface area contributed by atoms with Crippen LogP contribution >= 0.6 is 0 Å². The van der Waals surface area contributed by atoms with Crippen LogP contribution in [0.1, 0.15) is 17.5 Å². The van der Waals surface area contributed by atoms with Crippen LogP contribution in [0, 0.1) is 6.92 Å². The molecule has 2 aliphatic heterocycles. The molecule has 108 valence electrons. The molecule has 2 heterocycles. The van der Waals surface area contributed by atoms with Crippen LogP contribution in [0.2, 0.25) is 0 Å². The standard InChI is InChI=1S/C15H20N2O3/c1-10-2-3-13-11(6-10)7-12(20-13)8-17-5-4-15(16,9-17)14(18)19/h2-3,6,12H,4-5,7-9,16H2,1H3,(H,18,19). The summed E-state index contributed by atoms with van der Waals surface area (Å²) in [5.41, 5.74) is 7.27. The lowest BCUT2D eigenvalue weighted by Gasteiger charge is -2.22. The summed E-state index contributed by atoms with van der Waals surface area (Å²) in [6, 6.07) is 6.22. The zero-order chi connectivity index (χ0) is 14.3. The molecule has 0 aromatic heterocycles. The normalized spacial score (nSPS) is 29.2. The van der Waals surface area contributed by atoms with Crippen molar-refractivity contribution in [3.05, 3.63) is 29.3 Å². The third kappa shape index (κ3) is 2.39. The average Bonchev–Trinajstić information content (AvgIpc) is 2.93. The highest BCUT2D eigenvalue weighted by molar-refractivity contribution is 5.79. The Morgan fingerprint density at radius 2 is 2.40 bits per heavy atom. The molecule has 1 fully saturated rings. The monoisotopic (exact) mass is 276 g/mol. The van der Waals surface area contributed by atoms with Gasteiger partial charge in [-0.2, -0.15) is 0 Å². The predicted molar refractivity (Wildman–Crippen MR) is 74.9 cm³/mol. The van der Waals surface area contributed by atoms with Crippen LogP contribution in [0.25, 0.3) is 0 Å². The van der Waals surface area contributed by atoms with Gasteiger partial charge in [0.15, 0.2) is 0 Å². The van der Waals surface area contributed by atoms with Crippen molar-refractivity contribution in [1.82, 2.24) is 4.90 Å². The Kier molecular flexibility index (Phi) is 3.18. The van der Waals surface area contributed by atoms with Crippen LogP contribution in [0.15, 0.2) is 18.2 Å². The zero-order valence-corrected chi connectivity index (χ0v) is 11.6. The van der Waals surface area contributed by atoms with E-state index in [2.05, 4.69) is 17.9 Å². The molecule has 0 spiro atoms. The van der Waals surface area contributed by atoms with Crippen molar-refractivity contribution in [2.24, 2.45) is 5.73 Å². The minimum atomic E-state index is -1.10. The van der Waals surface area contributed by atoms with Gasteiger partial charge in [-0.3, -0.25) is 9.69 Å². The summed E-state index contributed by atoms with van der Waals surface area (Å²) in [6.07, 6.45) is 1.49. The van der Waals surface area contributed by atoms with E-state index in [1.165, 1.54) is 11.1 Å². The number of aliphatic carboxylic acids is 1. The van der Waals surface area contributed by atoms with E-state index in [9.17, 15) is 4.79 Å². The number of benzene rings is 1. The average molecular weight is 276 g/mol. The lowest BCUT2D eigenvalue weighted by Crippen LogP contribution is -2.50. The Bertz CT molecular complexity index is 546. The first-order valence-corrected chi connectivity index (χ1v) is 6.97. The van der Waals surface area contributed by atoms with Gasteiger partial charge in [-0.15, -0.1) is 0 Å². The van der Waals surface area contributed by atoms with Gasteiger partial charge in [-0.1, -0.05) is 17.7 Å². The Morgan fingerprint density at radius 3 is 3.10 bits per heavy atom. The van der Waals surface area contributed by atoms with Gasteiger partial charge >= 0.3 is 5.97 Å². The van der Waals surface area contributed by atoms with Gasteiger partial charge in [0, 0.05) is 26.1 Å². The summed E-state index contributed by atoms with van der Waals surface area (Å²) in [6.45, 7) is 3.93. The Morgan fingerprint density at radius 1 is 1.60 bits per heavy atom. The molecule has 1 aromatic rings. The van der Waals surface area contributed by atoms with Crippen molar-refractivity contribution in [1.29, 1.82) is 0 Å². The van der Waals surface area contributed by atoms with Gasteiger partial charge in [0.1, 0.15) is 17.4 Å². The number of fused-ring (bicyclic) bond motifs is 1. The van der Waals surface area contributed by atoms with Crippen LogP contribution in [0.3, 0.4) is 0 Å². The SMILES string of the molecule is Cc1ccc2c(c1)CC(CN1CCC(N)(C(=O)O)C1)O2. The number of hydrogen-bond donors (Lipinski definition) is 2. The molecule has 2 unspecified atom stereocenters. The number of likely N-dealkylation sites (tertiary alicyclic amines) is 1. The van der Waals surface area contributed by atoms with E-state index in [0.29, 0.717) is 13.0 Å². The van der Waals surface area contributed by atoms with Gasteiger partial charge in [-0.25, -0.2) is 0 Å². The molecular weight excluding hydrogens is 256 g/mol. The van der Waals surface area contributed by atoms with Crippen LogP contribution in [-0.4, -0.2) is 47.3 Å². The van der Waals surface area contributed by atoms with E-state index < -0.39 is 11.5 Å². The summed E-state index contributed by atoms with van der Waals surface area (Å²) >= 11 is 0. The second-order valence-electron chi connectivity index (χ2n) is 6.00. The van der Waals surface area contributed by atoms with Gasteiger partial charge in [-0.05, 0) is 25.0 Å². The fourth-order valence-electron chi connectivity index (χ4n) is 3.08. The molecular formula is C15H20N2O3. The third-order valence-corrected chi connectivity index (χ3v) is 4.22. The molecule has 2 aliphatic rings. The van der Waals surface area contributed by atoms with Gasteiger partial charge < -0.3 is 15.6 Å². The quantitative estimate of drug-likeness (QED) is 0.853. The minimum absolute atomic E-state index is 0.0999. The maximum absolute atomic E-state index is 11.1. The first-order valence-electron chi connectivity index (χ1n) is 6.97. The van der Waals surface area contributed by atoms with E-state index >= 15 is 0 Å². The Hall–Kier alpha value is -1.59. The molecule has 3 rings (SSSR count). The number of carboxylic acid groups (broad SMARTS) is 1. The fraction of sp³-hybridized carbons (Fsp3) is 0.533. The summed E-state index contributed by atoms with van der Waals surface area (Å²) in [4.78, 5) is 13.2. The second-order valence-corrected chi connectivity index (χ2v) is 6.00. The first kappa shape index (κ1) is 13.4. The highest BCUT2D eigenvalue weighted by atomic mass is 16.5. The number of ether oxygens (including phenoxy) is 1. The van der Waals surface area contributed by atoms with Crippen LogP contribution in [0.4, 0.5) is 0 Å². The van der Waals surface area contributed by atoms with Crippen molar-refractivity contribution < 1.29 is 14.6 Å². The lowest BCUT2D eigenvalue weighted by molar-refractivity contribution is -0.142. The summed E-state index contributed by atoms with van der Waals surface area (Å²) in [7, 11) is 0. The molecule has 0 saturated carbocycles. The summed E-state index contributed by atoms with van der Waals surface area (Å²) in [5, 5.41) is 9.14. The summed E-state index contributed by atoms with van der Waals surface area (Å²) < 4.78 is 5.92. The fourth-order valence-corrected chi connectivity index (χ4v) is 3.08. The molecule has 0 bridgehead atoms. The van der Waals surface area contributed by atoms with Gasteiger partial charge in [0.2, 0.25) is 0 Å². The number of nitrogens with two attached hydrogens (primary N) is 1. The van der Waals surface area contributed by atoms with E-state index in [1.807, 2.05) is 12.1 Å². The van der Waals surface area contributed by atoms with Crippen LogP contribution in [0.5, 0.6) is 5.75 Å². The van der Waals surface area contributed by atoms with Gasteiger partial charge in [0.25, 0.3) is 0 Å². The number of hydrogen-bond acceptors (Lipinski definition) is 4. The van der Waals surface area contributed by atoms with Crippen molar-refractivity contribution in [3.8, 4) is 5.75 Å². The molecule has 2 atom stereocenters. The smallest absolute Gasteiger partial charge is 0.325 e. The maximum atomic E-state index is 11.1. The van der Waals surface area contributed by atoms with E-state index in [-0.39, 0.29) is 6.10 Å². The number of aryl methyl sites for hydroxylation is 1. The highest BCUT2D eigenvalue weighted by Crippen LogP contribution is 2.30. The molecule has 0 amide bonds. The molecule has 20 heavy (non-hydrogen) atoms. The van der Waals surface area contributed by atoms with E-state index in [1.54, 1.807) is 0 Å². The molecule has 0 radical (unpaired) electrons. The van der Waals surface area contributed by atoms with Gasteiger partial charge in [0.05, 0.1) is 0 Å². The molecule has 1 aromatic carbocycles. The van der Waals surface area contributed by atoms with Crippen LogP contribution < -0.4 is 10.5 Å². The third-order valence-electron chi connectivity index (χ3n) is 4.22. The van der Waals surface area contributed by atoms with Crippen molar-refractivity contribution in [2.45, 2.75) is 31.4 Å². The number of carboxylic acids is 1. The topological polar surface area (TPSA) is 75.8 Å². The molecule has 5 heteroatoms. The second kappa shape index (κ2) is 4.75. The van der Waals surface area contributed by atoms with Crippen molar-refractivity contribution in [2.75, 3.05) is 19.6 Å². The lowest BCUT2D eigenvalue weighted by atomic mass is 10.0. The zero-order valence-electron chi connectivity index (χ0n) is 11.6. The predicted octanol–water partition coefficient (Wildman–Crippen LogP) is 0.786. The van der Waals surface area contributed by atoms with Crippen LogP contribution in [-0.2, 0) is 11.2 Å². The summed E-state index contributed by atoms with van der Waals surface area (Å²) in [5.74, 6) is 0.0447. The maximum Gasteiger partial charge on any atom is 0.325 e. The molecule has 0 aliphatic carbocycles. The highest BCUT2D eigenvalue weighted by Gasteiger charge is 2.42. The van der Waals surface area contributed by atoms with E-state index in [4.69, 9.17) is 15.6 Å². The van der Waals surface area contributed by atoms with Crippen molar-refractivity contribution in [3.63, 3.8) is 0 Å².